The van der Waals surface area contributed by atoms with Gasteiger partial charge >= 0.3 is 0 Å². The lowest BCUT2D eigenvalue weighted by Crippen LogP contribution is -2.06. The molecular formula is C12H17NOS2. The van der Waals surface area contributed by atoms with Crippen molar-refractivity contribution in [2.45, 2.75) is 27.2 Å². The fourth-order valence-electron chi connectivity index (χ4n) is 1.51. The molecule has 16 heavy (non-hydrogen) atoms. The SMILES string of the molecule is CCN=C(CC(=O)c1cc(C)sc1C)SC. The van der Waals surface area contributed by atoms with Crippen LogP contribution in [0.25, 0.3) is 0 Å². The molecule has 0 aliphatic heterocycles. The van der Waals surface area contributed by atoms with Gasteiger partial charge in [-0.2, -0.15) is 0 Å². The third-order valence-electron chi connectivity index (χ3n) is 2.22. The standard InChI is InChI=1S/C12H17NOS2/c1-5-13-12(15-4)7-11(14)10-6-8(2)16-9(10)3/h6H,5,7H2,1-4H3. The molecule has 1 rings (SSSR count). The first kappa shape index (κ1) is 13.5. The van der Waals surface area contributed by atoms with Crippen molar-refractivity contribution in [1.82, 2.24) is 0 Å². The quantitative estimate of drug-likeness (QED) is 0.466. The fourth-order valence-corrected chi connectivity index (χ4v) is 2.99. The van der Waals surface area contributed by atoms with Crippen molar-refractivity contribution >= 4 is 33.9 Å². The third kappa shape index (κ3) is 3.46. The van der Waals surface area contributed by atoms with E-state index in [-0.39, 0.29) is 5.78 Å². The molecule has 0 radical (unpaired) electrons. The number of carbonyl (C=O) groups is 1. The van der Waals surface area contributed by atoms with Gasteiger partial charge in [-0.1, -0.05) is 0 Å². The van der Waals surface area contributed by atoms with Gasteiger partial charge in [0.05, 0.1) is 11.5 Å². The van der Waals surface area contributed by atoms with Gasteiger partial charge in [-0.05, 0) is 33.1 Å². The van der Waals surface area contributed by atoms with Crippen LogP contribution in [0.4, 0.5) is 0 Å². The van der Waals surface area contributed by atoms with Gasteiger partial charge in [-0.15, -0.1) is 23.1 Å². The Morgan fingerprint density at radius 1 is 1.50 bits per heavy atom. The molecule has 4 heteroatoms. The highest BCUT2D eigenvalue weighted by molar-refractivity contribution is 8.13. The zero-order valence-corrected chi connectivity index (χ0v) is 11.8. The first-order valence-corrected chi connectivity index (χ1v) is 7.30. The van der Waals surface area contributed by atoms with Crippen LogP contribution in [-0.2, 0) is 0 Å². The minimum atomic E-state index is 0.184. The van der Waals surface area contributed by atoms with Crippen molar-refractivity contribution in [3.05, 3.63) is 21.4 Å². The number of hydrogen-bond donors (Lipinski definition) is 0. The zero-order chi connectivity index (χ0) is 12.1. The molecule has 0 bridgehead atoms. The van der Waals surface area contributed by atoms with Gasteiger partial charge in [-0.3, -0.25) is 9.79 Å². The van der Waals surface area contributed by atoms with Crippen molar-refractivity contribution in [1.29, 1.82) is 0 Å². The van der Waals surface area contributed by atoms with Gasteiger partial charge in [0.2, 0.25) is 0 Å². The smallest absolute Gasteiger partial charge is 0.170 e. The van der Waals surface area contributed by atoms with Gasteiger partial charge in [0, 0.05) is 21.9 Å². The molecule has 0 N–H and O–H groups in total. The van der Waals surface area contributed by atoms with E-state index < -0.39 is 0 Å². The van der Waals surface area contributed by atoms with E-state index in [1.54, 1.807) is 23.1 Å². The molecule has 0 amide bonds. The maximum Gasteiger partial charge on any atom is 0.170 e. The molecule has 88 valence electrons. The lowest BCUT2D eigenvalue weighted by atomic mass is 10.1. The number of thioether (sulfide) groups is 1. The number of Topliss-reactive ketones (excluding diaryl/α,β-unsaturated/α-hetero) is 1. The molecule has 0 aromatic carbocycles. The van der Waals surface area contributed by atoms with Gasteiger partial charge in [0.1, 0.15) is 0 Å². The number of carbonyl (C=O) groups excluding carboxylic acids is 1. The van der Waals surface area contributed by atoms with Crippen LogP contribution >= 0.6 is 23.1 Å². The second-order valence-corrected chi connectivity index (χ2v) is 5.84. The lowest BCUT2D eigenvalue weighted by molar-refractivity contribution is 0.100. The Labute approximate surface area is 105 Å². The monoisotopic (exact) mass is 255 g/mol. The highest BCUT2D eigenvalue weighted by Gasteiger charge is 2.14. The zero-order valence-electron chi connectivity index (χ0n) is 10.2. The van der Waals surface area contributed by atoms with Crippen LogP contribution in [-0.4, -0.2) is 23.6 Å². The van der Waals surface area contributed by atoms with E-state index in [9.17, 15) is 4.79 Å². The van der Waals surface area contributed by atoms with E-state index >= 15 is 0 Å². The number of aliphatic imine (C=N–C) groups is 1. The molecule has 0 aliphatic rings. The Balaban J connectivity index is 2.79. The molecule has 0 fully saturated rings. The van der Waals surface area contributed by atoms with E-state index in [1.165, 1.54) is 4.88 Å². The average Bonchev–Trinajstić information content (AvgIpc) is 2.57. The summed E-state index contributed by atoms with van der Waals surface area (Å²) in [7, 11) is 0. The van der Waals surface area contributed by atoms with Crippen LogP contribution in [0.15, 0.2) is 11.1 Å². The summed E-state index contributed by atoms with van der Waals surface area (Å²) in [4.78, 5) is 18.6. The number of nitrogens with zero attached hydrogens (tertiary/aromatic N) is 1. The van der Waals surface area contributed by atoms with E-state index in [2.05, 4.69) is 4.99 Å². The maximum absolute atomic E-state index is 12.0. The fraction of sp³-hybridized carbons (Fsp3) is 0.500. The predicted octanol–water partition coefficient (Wildman–Crippen LogP) is 3.72. The van der Waals surface area contributed by atoms with Gasteiger partial charge in [-0.25, -0.2) is 0 Å². The Bertz CT molecular complexity index is 407. The largest absolute Gasteiger partial charge is 0.294 e. The van der Waals surface area contributed by atoms with Gasteiger partial charge < -0.3 is 0 Å². The number of thiophene rings is 1. The minimum absolute atomic E-state index is 0.184. The summed E-state index contributed by atoms with van der Waals surface area (Å²) in [5.74, 6) is 0.184. The second kappa shape index (κ2) is 6.21. The van der Waals surface area contributed by atoms with Crippen LogP contribution < -0.4 is 0 Å². The second-order valence-electron chi connectivity index (χ2n) is 3.50. The van der Waals surface area contributed by atoms with E-state index in [4.69, 9.17) is 0 Å². The van der Waals surface area contributed by atoms with Crippen LogP contribution in [0.2, 0.25) is 0 Å². The van der Waals surface area contributed by atoms with E-state index in [0.717, 1.165) is 22.0 Å². The Morgan fingerprint density at radius 2 is 2.19 bits per heavy atom. The number of rotatable bonds is 4. The summed E-state index contributed by atoms with van der Waals surface area (Å²) in [5.41, 5.74) is 0.861. The first-order valence-electron chi connectivity index (χ1n) is 5.26. The van der Waals surface area contributed by atoms with Crippen LogP contribution in [0, 0.1) is 13.8 Å². The Morgan fingerprint density at radius 3 is 2.62 bits per heavy atom. The molecule has 0 aliphatic carbocycles. The predicted molar refractivity (Wildman–Crippen MR) is 74.2 cm³/mol. The summed E-state index contributed by atoms with van der Waals surface area (Å²) < 4.78 is 0. The van der Waals surface area contributed by atoms with Crippen LogP contribution in [0.1, 0.15) is 33.5 Å². The average molecular weight is 255 g/mol. The van der Waals surface area contributed by atoms with Crippen molar-refractivity contribution in [2.75, 3.05) is 12.8 Å². The van der Waals surface area contributed by atoms with Crippen molar-refractivity contribution in [3.8, 4) is 0 Å². The summed E-state index contributed by atoms with van der Waals surface area (Å²) in [5, 5.41) is 0.927. The molecule has 1 aromatic rings. The maximum atomic E-state index is 12.0. The van der Waals surface area contributed by atoms with Gasteiger partial charge in [0.15, 0.2) is 5.78 Å². The summed E-state index contributed by atoms with van der Waals surface area (Å²) >= 11 is 3.24. The van der Waals surface area contributed by atoms with Crippen LogP contribution in [0.3, 0.4) is 0 Å². The number of aryl methyl sites for hydroxylation is 2. The van der Waals surface area contributed by atoms with Gasteiger partial charge in [0.25, 0.3) is 0 Å². The molecule has 2 nitrogen and oxygen atoms in total. The molecule has 0 unspecified atom stereocenters. The number of hydrogen-bond acceptors (Lipinski definition) is 4. The summed E-state index contributed by atoms with van der Waals surface area (Å²) in [6.07, 6.45) is 2.40. The molecule has 1 heterocycles. The first-order chi connectivity index (χ1) is 7.58. The van der Waals surface area contributed by atoms with Crippen LogP contribution in [0.5, 0.6) is 0 Å². The summed E-state index contributed by atoms with van der Waals surface area (Å²) in [6, 6.07) is 1.98. The Hall–Kier alpha value is -0.610. The highest BCUT2D eigenvalue weighted by atomic mass is 32.2. The van der Waals surface area contributed by atoms with E-state index in [1.807, 2.05) is 33.1 Å². The molecular weight excluding hydrogens is 238 g/mol. The van der Waals surface area contributed by atoms with E-state index in [0.29, 0.717) is 6.42 Å². The van der Waals surface area contributed by atoms with Crippen molar-refractivity contribution in [2.24, 2.45) is 4.99 Å². The Kier molecular flexibility index (Phi) is 5.22. The van der Waals surface area contributed by atoms with Crippen molar-refractivity contribution < 1.29 is 4.79 Å². The molecule has 0 saturated heterocycles. The lowest BCUT2D eigenvalue weighted by Gasteiger charge is -2.02. The topological polar surface area (TPSA) is 29.4 Å². The molecule has 1 aromatic heterocycles. The molecule has 0 saturated carbocycles. The van der Waals surface area contributed by atoms with Crippen molar-refractivity contribution in [3.63, 3.8) is 0 Å². The number of ketones is 1. The summed E-state index contributed by atoms with van der Waals surface area (Å²) in [6.45, 7) is 6.76. The molecule has 0 spiro atoms. The molecule has 0 atom stereocenters. The highest BCUT2D eigenvalue weighted by Crippen LogP contribution is 2.22. The third-order valence-corrected chi connectivity index (χ3v) is 3.93. The minimum Gasteiger partial charge on any atom is -0.294 e. The normalized spacial score (nSPS) is 11.9.